The molecule has 0 radical (unpaired) electrons. The molecule has 3 saturated carbocycles. The van der Waals surface area contributed by atoms with E-state index < -0.39 is 23.2 Å². The highest BCUT2D eigenvalue weighted by Gasteiger charge is 2.83. The van der Waals surface area contributed by atoms with Gasteiger partial charge >= 0.3 is 17.9 Å². The number of methoxy groups -OCH3 is 1. The van der Waals surface area contributed by atoms with Crippen molar-refractivity contribution in [3.05, 3.63) is 11.6 Å². The number of hydrogen-bond donors (Lipinski definition) is 2. The summed E-state index contributed by atoms with van der Waals surface area (Å²) in [6.07, 6.45) is 8.96. The average molecular weight is 632 g/mol. The molecule has 0 aromatic heterocycles. The third-order valence-electron chi connectivity index (χ3n) is 12.7. The Balaban J connectivity index is 0.000000208. The van der Waals surface area contributed by atoms with Gasteiger partial charge in [0.05, 0.1) is 19.1 Å². The van der Waals surface area contributed by atoms with Crippen LogP contribution in [-0.2, 0) is 38.2 Å². The van der Waals surface area contributed by atoms with Crippen LogP contribution in [-0.4, -0.2) is 82.4 Å². The summed E-state index contributed by atoms with van der Waals surface area (Å²) in [5.74, 6) is -0.930. The topological polar surface area (TPSA) is 140 Å². The van der Waals surface area contributed by atoms with Crippen molar-refractivity contribution in [1.82, 2.24) is 4.90 Å². The molecule has 2 unspecified atom stereocenters. The highest BCUT2D eigenvalue weighted by atomic mass is 32.1. The zero-order chi connectivity index (χ0) is 31.8. The van der Waals surface area contributed by atoms with Crippen molar-refractivity contribution < 1.29 is 43.3 Å². The van der Waals surface area contributed by atoms with E-state index in [1.807, 2.05) is 0 Å². The number of rotatable bonds is 4. The Hall–Kier alpha value is -2.40. The van der Waals surface area contributed by atoms with Crippen molar-refractivity contribution in [3.63, 3.8) is 0 Å². The number of epoxide rings is 1. The zero-order valence-electron chi connectivity index (χ0n) is 26.1. The van der Waals surface area contributed by atoms with E-state index in [1.165, 1.54) is 12.0 Å². The predicted molar refractivity (Wildman–Crippen MR) is 161 cm³/mol. The fourth-order valence-corrected chi connectivity index (χ4v) is 10.5. The molecule has 6 fully saturated rings. The normalized spacial score (nSPS) is 43.8. The number of thiol groups is 1. The van der Waals surface area contributed by atoms with Crippen LogP contribution >= 0.6 is 12.6 Å². The van der Waals surface area contributed by atoms with Gasteiger partial charge in [-0.2, -0.15) is 12.6 Å². The van der Waals surface area contributed by atoms with Gasteiger partial charge < -0.3 is 24.2 Å². The number of likely N-dealkylation sites (tertiary alicyclic amines) is 1. The standard InChI is InChI=1S/C24H30O6.C9H15NO3S/c1-21-7-4-14(25)10-13(21)11-15(20(27)28-3)19-16-5-8-23(9-6-18(26)30-23)22(16,2)12-17-24(19,21)29-17;1-6(5-14)8(11)10-4-2-3-7(10)9(12)13/h10,15-17,19H,4-9,11-12H2,1-3H3;6-7,14H,2-5H2,1H3,(H,12,13)/t15-,16+,17?,19+,21+,22+,23-,24?;6-,7+/m11/s1. The smallest absolute Gasteiger partial charge is 0.326 e. The highest BCUT2D eigenvalue weighted by Crippen LogP contribution is 2.78. The highest BCUT2D eigenvalue weighted by molar-refractivity contribution is 7.80. The quantitative estimate of drug-likeness (QED) is 0.270. The molecule has 1 N–H and O–H groups in total. The fourth-order valence-electron chi connectivity index (χ4n) is 10.3. The maximum absolute atomic E-state index is 13.0. The van der Waals surface area contributed by atoms with Crippen molar-refractivity contribution in [2.75, 3.05) is 19.4 Å². The first-order valence-electron chi connectivity index (χ1n) is 16.1. The third-order valence-corrected chi connectivity index (χ3v) is 13.3. The van der Waals surface area contributed by atoms with Crippen molar-refractivity contribution in [2.45, 2.75) is 108 Å². The summed E-state index contributed by atoms with van der Waals surface area (Å²) in [6.45, 7) is 6.84. The van der Waals surface area contributed by atoms with Crippen molar-refractivity contribution >= 4 is 42.2 Å². The molecule has 0 aromatic rings. The second kappa shape index (κ2) is 10.9. The molecule has 7 rings (SSSR count). The number of carboxylic acids is 1. The van der Waals surface area contributed by atoms with Gasteiger partial charge in [0.15, 0.2) is 5.78 Å². The monoisotopic (exact) mass is 631 g/mol. The molecule has 11 heteroatoms. The molecule has 1 amide bonds. The number of ketones is 1. The molecule has 0 aromatic carbocycles. The van der Waals surface area contributed by atoms with Crippen LogP contribution in [0.15, 0.2) is 11.6 Å². The molecule has 44 heavy (non-hydrogen) atoms. The Kier molecular flexibility index (Phi) is 7.79. The number of amides is 1. The molecule has 242 valence electrons. The minimum Gasteiger partial charge on any atom is -0.480 e. The molecule has 4 aliphatic carbocycles. The summed E-state index contributed by atoms with van der Waals surface area (Å²) in [5, 5.41) is 8.87. The Labute approximate surface area is 264 Å². The van der Waals surface area contributed by atoms with E-state index in [2.05, 4.69) is 26.5 Å². The maximum atomic E-state index is 13.0. The Bertz CT molecular complexity index is 1320. The van der Waals surface area contributed by atoms with Crippen LogP contribution in [0, 0.1) is 34.5 Å². The van der Waals surface area contributed by atoms with Crippen LogP contribution in [0.2, 0.25) is 0 Å². The van der Waals surface area contributed by atoms with Crippen molar-refractivity contribution in [1.29, 1.82) is 0 Å². The number of carbonyl (C=O) groups is 5. The zero-order valence-corrected chi connectivity index (χ0v) is 27.0. The molecule has 2 spiro atoms. The van der Waals surface area contributed by atoms with E-state index in [9.17, 15) is 24.0 Å². The second-order valence-electron chi connectivity index (χ2n) is 14.6. The summed E-state index contributed by atoms with van der Waals surface area (Å²) in [6, 6.07) is -0.621. The first kappa shape index (κ1) is 31.6. The molecule has 10 atom stereocenters. The van der Waals surface area contributed by atoms with Gasteiger partial charge in [-0.25, -0.2) is 4.79 Å². The van der Waals surface area contributed by atoms with Crippen LogP contribution in [0.25, 0.3) is 0 Å². The van der Waals surface area contributed by atoms with Crippen LogP contribution in [0.1, 0.15) is 85.0 Å². The lowest BCUT2D eigenvalue weighted by atomic mass is 9.43. The minimum absolute atomic E-state index is 0.0303. The lowest BCUT2D eigenvalue weighted by Gasteiger charge is -2.58. The maximum Gasteiger partial charge on any atom is 0.326 e. The van der Waals surface area contributed by atoms with E-state index in [1.54, 1.807) is 13.0 Å². The molecule has 0 bridgehead atoms. The first-order valence-corrected chi connectivity index (χ1v) is 16.8. The summed E-state index contributed by atoms with van der Waals surface area (Å²) >= 11 is 4.03. The van der Waals surface area contributed by atoms with E-state index >= 15 is 0 Å². The minimum atomic E-state index is -0.901. The first-order chi connectivity index (χ1) is 20.8. The molecule has 7 aliphatic rings. The predicted octanol–water partition coefficient (Wildman–Crippen LogP) is 3.75. The molecule has 3 saturated heterocycles. The Morgan fingerprint density at radius 3 is 2.55 bits per heavy atom. The third kappa shape index (κ3) is 4.34. The fraction of sp³-hybridized carbons (Fsp3) is 0.788. The number of aliphatic carboxylic acids is 1. The summed E-state index contributed by atoms with van der Waals surface area (Å²) < 4.78 is 17.9. The van der Waals surface area contributed by atoms with Crippen molar-refractivity contribution in [3.8, 4) is 0 Å². The Morgan fingerprint density at radius 1 is 1.16 bits per heavy atom. The van der Waals surface area contributed by atoms with E-state index in [-0.39, 0.29) is 64.2 Å². The van der Waals surface area contributed by atoms with E-state index in [0.717, 1.165) is 44.1 Å². The van der Waals surface area contributed by atoms with Gasteiger partial charge in [-0.15, -0.1) is 0 Å². The number of carboxylic acid groups (broad SMARTS) is 1. The van der Waals surface area contributed by atoms with Crippen LogP contribution in [0.4, 0.5) is 0 Å². The number of esters is 2. The lowest BCUT2D eigenvalue weighted by molar-refractivity contribution is -0.172. The second-order valence-corrected chi connectivity index (χ2v) is 14.9. The molecule has 3 heterocycles. The van der Waals surface area contributed by atoms with Gasteiger partial charge in [-0.3, -0.25) is 19.2 Å². The molecular weight excluding hydrogens is 586 g/mol. The summed E-state index contributed by atoms with van der Waals surface area (Å²) in [5.41, 5.74) is -0.175. The van der Waals surface area contributed by atoms with Gasteiger partial charge in [0.25, 0.3) is 0 Å². The molecule has 10 nitrogen and oxygen atoms in total. The number of carbonyl (C=O) groups excluding carboxylic acids is 4. The number of ether oxygens (including phenoxy) is 3. The van der Waals surface area contributed by atoms with Crippen LogP contribution in [0.3, 0.4) is 0 Å². The Morgan fingerprint density at radius 2 is 1.91 bits per heavy atom. The van der Waals surface area contributed by atoms with Gasteiger partial charge in [0, 0.05) is 47.8 Å². The van der Waals surface area contributed by atoms with Crippen LogP contribution < -0.4 is 0 Å². The number of nitrogens with zero attached hydrogens (tertiary/aromatic N) is 1. The van der Waals surface area contributed by atoms with E-state index in [0.29, 0.717) is 38.0 Å². The van der Waals surface area contributed by atoms with Gasteiger partial charge in [0.1, 0.15) is 17.2 Å². The lowest BCUT2D eigenvalue weighted by Crippen LogP contribution is -2.63. The molecular formula is C33H45NO9S. The van der Waals surface area contributed by atoms with Crippen LogP contribution in [0.5, 0.6) is 0 Å². The molecule has 3 aliphatic heterocycles. The van der Waals surface area contributed by atoms with Gasteiger partial charge in [-0.1, -0.05) is 26.3 Å². The van der Waals surface area contributed by atoms with E-state index in [4.69, 9.17) is 19.3 Å². The summed E-state index contributed by atoms with van der Waals surface area (Å²) in [4.78, 5) is 61.4. The van der Waals surface area contributed by atoms with Gasteiger partial charge in [-0.05, 0) is 63.4 Å². The van der Waals surface area contributed by atoms with Crippen molar-refractivity contribution in [2.24, 2.45) is 34.5 Å². The number of hydrogen-bond acceptors (Lipinski definition) is 9. The average Bonchev–Trinajstić information content (AvgIpc) is 3.28. The largest absolute Gasteiger partial charge is 0.480 e. The summed E-state index contributed by atoms with van der Waals surface area (Å²) in [7, 11) is 1.45. The SMILES string of the molecule is COC(=O)[C@@H]1CC2=CC(=O)CC[C@]2(C)C23OC2C[C@@]2(C)[C@@H](CC[C@@]24CCC(=O)O4)[C@H]13.C[C@H](CS)C(=O)N1CCC[C@H]1C(=O)O. The number of fused-ring (bicyclic) bond motifs is 4. The van der Waals surface area contributed by atoms with Gasteiger partial charge in [0.2, 0.25) is 5.91 Å².